The molecule has 0 fully saturated rings. The first-order valence-electron chi connectivity index (χ1n) is 6.73. The van der Waals surface area contributed by atoms with Crippen molar-refractivity contribution in [2.75, 3.05) is 18.6 Å². The van der Waals surface area contributed by atoms with Crippen molar-refractivity contribution >= 4 is 11.6 Å². The molecule has 1 amide bonds. The average molecular weight is 285 g/mol. The van der Waals surface area contributed by atoms with Gasteiger partial charge in [-0.05, 0) is 42.7 Å². The summed E-state index contributed by atoms with van der Waals surface area (Å²) >= 11 is 0. The third-order valence-electron chi connectivity index (χ3n) is 3.55. The molecule has 0 aliphatic carbocycles. The zero-order chi connectivity index (χ0) is 14.8. The number of aromatic amines is 1. The molecule has 21 heavy (non-hydrogen) atoms. The van der Waals surface area contributed by atoms with E-state index in [9.17, 15) is 9.59 Å². The summed E-state index contributed by atoms with van der Waals surface area (Å²) in [5.74, 6) is 0.572. The fraction of sp³-hybridized carbons (Fsp3) is 0.267. The van der Waals surface area contributed by atoms with E-state index in [1.54, 1.807) is 12.0 Å². The molecule has 0 radical (unpaired) electrons. The normalized spacial score (nSPS) is 13.7. The van der Waals surface area contributed by atoms with Crippen LogP contribution in [-0.2, 0) is 6.42 Å². The Morgan fingerprint density at radius 1 is 1.33 bits per heavy atom. The molecule has 1 aliphatic rings. The van der Waals surface area contributed by atoms with Gasteiger partial charge in [-0.15, -0.1) is 0 Å². The van der Waals surface area contributed by atoms with Crippen molar-refractivity contribution in [1.82, 2.24) is 10.2 Å². The number of anilines is 1. The lowest BCUT2D eigenvalue weighted by atomic mass is 10.0. The topological polar surface area (TPSA) is 75.3 Å². The smallest absolute Gasteiger partial charge is 0.278 e. The Hall–Kier alpha value is -2.63. The number of nitrogens with zero attached hydrogens (tertiary/aromatic N) is 2. The Morgan fingerprint density at radius 3 is 2.90 bits per heavy atom. The number of methoxy groups -OCH3 is 1. The van der Waals surface area contributed by atoms with Gasteiger partial charge in [0.15, 0.2) is 0 Å². The number of nitrogens with one attached hydrogen (secondary N) is 1. The number of hydrogen-bond acceptors (Lipinski definition) is 4. The number of carbonyl (C=O) groups excluding carboxylic acids is 1. The number of hydrogen-bond donors (Lipinski definition) is 1. The summed E-state index contributed by atoms with van der Waals surface area (Å²) in [6.07, 6.45) is 1.80. The van der Waals surface area contributed by atoms with Crippen molar-refractivity contribution in [1.29, 1.82) is 0 Å². The van der Waals surface area contributed by atoms with E-state index in [1.165, 1.54) is 12.1 Å². The number of aryl methyl sites for hydroxylation is 1. The van der Waals surface area contributed by atoms with Gasteiger partial charge in [0.2, 0.25) is 0 Å². The van der Waals surface area contributed by atoms with E-state index in [0.29, 0.717) is 6.54 Å². The lowest BCUT2D eigenvalue weighted by molar-refractivity contribution is 0.0979. The molecule has 0 bridgehead atoms. The third kappa shape index (κ3) is 2.52. The number of fused-ring (bicyclic) bond motifs is 1. The first-order valence-corrected chi connectivity index (χ1v) is 6.73. The predicted octanol–water partition coefficient (Wildman–Crippen LogP) is 1.37. The van der Waals surface area contributed by atoms with Crippen LogP contribution in [0.2, 0.25) is 0 Å². The van der Waals surface area contributed by atoms with Crippen LogP contribution in [-0.4, -0.2) is 29.8 Å². The van der Waals surface area contributed by atoms with Gasteiger partial charge in [0.25, 0.3) is 11.5 Å². The average Bonchev–Trinajstić information content (AvgIpc) is 2.53. The molecule has 0 atom stereocenters. The Morgan fingerprint density at radius 2 is 2.19 bits per heavy atom. The van der Waals surface area contributed by atoms with Crippen LogP contribution in [0.25, 0.3) is 0 Å². The third-order valence-corrected chi connectivity index (χ3v) is 3.55. The minimum absolute atomic E-state index is 0.211. The summed E-state index contributed by atoms with van der Waals surface area (Å²) in [4.78, 5) is 25.3. The van der Waals surface area contributed by atoms with Crippen molar-refractivity contribution in [2.24, 2.45) is 0 Å². The van der Waals surface area contributed by atoms with E-state index in [1.807, 2.05) is 18.2 Å². The van der Waals surface area contributed by atoms with Gasteiger partial charge in [0.1, 0.15) is 11.4 Å². The number of benzene rings is 1. The highest BCUT2D eigenvalue weighted by atomic mass is 16.5. The van der Waals surface area contributed by atoms with E-state index < -0.39 is 0 Å². The standard InChI is InChI=1S/C15H15N3O3/c1-21-11-4-6-13-10(9-11)3-2-8-18(13)15(20)12-5-7-14(19)17-16-12/h4-7,9H,2-3,8H2,1H3,(H,17,19). The molecule has 0 saturated heterocycles. The molecule has 0 unspecified atom stereocenters. The summed E-state index contributed by atoms with van der Waals surface area (Å²) in [5.41, 5.74) is 1.87. The minimum Gasteiger partial charge on any atom is -0.497 e. The molecule has 1 aromatic heterocycles. The van der Waals surface area contributed by atoms with Crippen LogP contribution in [0, 0.1) is 0 Å². The zero-order valence-electron chi connectivity index (χ0n) is 11.6. The van der Waals surface area contributed by atoms with Gasteiger partial charge in [0.05, 0.1) is 7.11 Å². The fourth-order valence-electron chi connectivity index (χ4n) is 2.51. The molecule has 2 heterocycles. The van der Waals surface area contributed by atoms with Crippen LogP contribution in [0.15, 0.2) is 35.1 Å². The number of H-pyrrole nitrogens is 1. The summed E-state index contributed by atoms with van der Waals surface area (Å²) in [6.45, 7) is 0.638. The van der Waals surface area contributed by atoms with Gasteiger partial charge in [0, 0.05) is 18.3 Å². The number of carbonyl (C=O) groups is 1. The maximum absolute atomic E-state index is 12.5. The summed E-state index contributed by atoms with van der Waals surface area (Å²) in [7, 11) is 1.62. The number of aromatic nitrogens is 2. The van der Waals surface area contributed by atoms with Crippen LogP contribution in [0.5, 0.6) is 5.75 Å². The Balaban J connectivity index is 1.96. The van der Waals surface area contributed by atoms with Crippen LogP contribution in [0.4, 0.5) is 5.69 Å². The minimum atomic E-state index is -0.324. The van der Waals surface area contributed by atoms with E-state index in [-0.39, 0.29) is 17.2 Å². The molecule has 108 valence electrons. The van der Waals surface area contributed by atoms with Crippen LogP contribution < -0.4 is 15.2 Å². The van der Waals surface area contributed by atoms with Gasteiger partial charge >= 0.3 is 0 Å². The quantitative estimate of drug-likeness (QED) is 0.904. The Bertz CT molecular complexity index is 719. The molecule has 1 aromatic carbocycles. The Labute approximate surface area is 121 Å². The molecule has 6 heteroatoms. The first-order chi connectivity index (χ1) is 10.2. The second-order valence-electron chi connectivity index (χ2n) is 4.86. The lowest BCUT2D eigenvalue weighted by Gasteiger charge is -2.29. The number of amides is 1. The SMILES string of the molecule is COc1ccc2c(c1)CCCN2C(=O)c1ccc(=O)[nH]n1. The van der Waals surface area contributed by atoms with Gasteiger partial charge < -0.3 is 9.64 Å². The van der Waals surface area contributed by atoms with E-state index in [2.05, 4.69) is 10.2 Å². The zero-order valence-corrected chi connectivity index (χ0v) is 11.6. The molecular formula is C15H15N3O3. The second-order valence-corrected chi connectivity index (χ2v) is 4.86. The van der Waals surface area contributed by atoms with E-state index in [4.69, 9.17) is 4.74 Å². The second kappa shape index (κ2) is 5.40. The fourth-order valence-corrected chi connectivity index (χ4v) is 2.51. The summed E-state index contributed by atoms with van der Waals surface area (Å²) < 4.78 is 5.22. The van der Waals surface area contributed by atoms with Gasteiger partial charge in [-0.1, -0.05) is 0 Å². The van der Waals surface area contributed by atoms with Crippen molar-refractivity contribution in [3.63, 3.8) is 0 Å². The largest absolute Gasteiger partial charge is 0.497 e. The van der Waals surface area contributed by atoms with Gasteiger partial charge in [-0.3, -0.25) is 9.59 Å². The van der Waals surface area contributed by atoms with Gasteiger partial charge in [-0.2, -0.15) is 5.10 Å². The molecule has 1 N–H and O–H groups in total. The molecule has 0 spiro atoms. The van der Waals surface area contributed by atoms with E-state index in [0.717, 1.165) is 29.8 Å². The molecule has 2 aromatic rings. The highest BCUT2D eigenvalue weighted by Crippen LogP contribution is 2.31. The van der Waals surface area contributed by atoms with Crippen LogP contribution in [0.1, 0.15) is 22.5 Å². The maximum Gasteiger partial charge on any atom is 0.278 e. The highest BCUT2D eigenvalue weighted by molar-refractivity contribution is 6.05. The van der Waals surface area contributed by atoms with Crippen molar-refractivity contribution in [3.05, 3.63) is 51.9 Å². The van der Waals surface area contributed by atoms with Crippen molar-refractivity contribution in [3.8, 4) is 5.75 Å². The Kier molecular flexibility index (Phi) is 3.43. The predicted molar refractivity (Wildman–Crippen MR) is 77.8 cm³/mol. The molecule has 3 rings (SSSR count). The maximum atomic E-state index is 12.5. The van der Waals surface area contributed by atoms with E-state index >= 15 is 0 Å². The molecule has 6 nitrogen and oxygen atoms in total. The monoisotopic (exact) mass is 285 g/mol. The molecular weight excluding hydrogens is 270 g/mol. The van der Waals surface area contributed by atoms with Crippen molar-refractivity contribution < 1.29 is 9.53 Å². The summed E-state index contributed by atoms with van der Waals surface area (Å²) in [5, 5.41) is 6.10. The number of rotatable bonds is 2. The highest BCUT2D eigenvalue weighted by Gasteiger charge is 2.24. The molecule has 0 saturated carbocycles. The first kappa shape index (κ1) is 13.4. The van der Waals surface area contributed by atoms with Gasteiger partial charge in [-0.25, -0.2) is 5.10 Å². The number of ether oxygens (including phenoxy) is 1. The van der Waals surface area contributed by atoms with Crippen LogP contribution in [0.3, 0.4) is 0 Å². The van der Waals surface area contributed by atoms with Crippen LogP contribution >= 0.6 is 0 Å². The summed E-state index contributed by atoms with van der Waals surface area (Å²) in [6, 6.07) is 8.43. The van der Waals surface area contributed by atoms with Crippen molar-refractivity contribution in [2.45, 2.75) is 12.8 Å². The lowest BCUT2D eigenvalue weighted by Crippen LogP contribution is -2.36. The molecule has 1 aliphatic heterocycles.